The van der Waals surface area contributed by atoms with E-state index in [9.17, 15) is 9.59 Å². The molecule has 0 saturated carbocycles. The molecule has 0 spiro atoms. The van der Waals surface area contributed by atoms with E-state index in [1.165, 1.54) is 0 Å². The van der Waals surface area contributed by atoms with Crippen LogP contribution >= 0.6 is 0 Å². The van der Waals surface area contributed by atoms with Crippen molar-refractivity contribution in [1.29, 1.82) is 0 Å². The summed E-state index contributed by atoms with van der Waals surface area (Å²) < 4.78 is 21.8. The van der Waals surface area contributed by atoms with Gasteiger partial charge < -0.3 is 18.9 Å². The van der Waals surface area contributed by atoms with Gasteiger partial charge in [0, 0.05) is 0 Å². The van der Waals surface area contributed by atoms with E-state index in [0.717, 1.165) is 25.7 Å². The van der Waals surface area contributed by atoms with Crippen LogP contribution in [0.2, 0.25) is 0 Å². The van der Waals surface area contributed by atoms with Gasteiger partial charge in [-0.2, -0.15) is 0 Å². The first-order valence-electron chi connectivity index (χ1n) is 10.9. The molecule has 0 aliphatic carbocycles. The summed E-state index contributed by atoms with van der Waals surface area (Å²) in [6.45, 7) is 7.15. The van der Waals surface area contributed by atoms with Gasteiger partial charge in [0.2, 0.25) is 0 Å². The van der Waals surface area contributed by atoms with Gasteiger partial charge in [0.15, 0.2) is 0 Å². The van der Waals surface area contributed by atoms with Crippen molar-refractivity contribution < 1.29 is 28.5 Å². The minimum absolute atomic E-state index is 0.0302. The van der Waals surface area contributed by atoms with Crippen LogP contribution in [0.1, 0.15) is 67.2 Å². The van der Waals surface area contributed by atoms with E-state index < -0.39 is 18.0 Å². The summed E-state index contributed by atoms with van der Waals surface area (Å²) in [5.41, 5.74) is 0.833. The van der Waals surface area contributed by atoms with E-state index >= 15 is 0 Å². The van der Waals surface area contributed by atoms with Crippen LogP contribution in [0.3, 0.4) is 0 Å². The lowest BCUT2D eigenvalue weighted by molar-refractivity contribution is 0.00447. The minimum atomic E-state index is -0.575. The molecule has 1 atom stereocenters. The highest BCUT2D eigenvalue weighted by molar-refractivity contribution is 5.90. The van der Waals surface area contributed by atoms with Gasteiger partial charge in [0.1, 0.15) is 24.2 Å². The first-order valence-corrected chi connectivity index (χ1v) is 10.9. The van der Waals surface area contributed by atoms with Gasteiger partial charge >= 0.3 is 11.9 Å². The molecule has 31 heavy (non-hydrogen) atoms. The van der Waals surface area contributed by atoms with E-state index in [2.05, 4.69) is 13.8 Å². The molecule has 0 amide bonds. The fourth-order valence-corrected chi connectivity index (χ4v) is 2.60. The Kier molecular flexibility index (Phi) is 10.4. The summed E-state index contributed by atoms with van der Waals surface area (Å²) in [7, 11) is 0. The SMILES string of the molecule is CCCCOc1ccc(C(=O)OCC(C)OC(=O)c2ccc(OCCCC)cc2)cc1. The van der Waals surface area contributed by atoms with Crippen molar-refractivity contribution in [3.63, 3.8) is 0 Å². The molecule has 1 unspecified atom stereocenters. The molecular formula is C25H32O6. The van der Waals surface area contributed by atoms with Gasteiger partial charge in [-0.25, -0.2) is 9.59 Å². The standard InChI is InChI=1S/C25H32O6/c1-4-6-16-28-22-12-8-20(9-13-22)24(26)30-18-19(3)31-25(27)21-10-14-23(15-11-21)29-17-7-5-2/h8-15,19H,4-7,16-18H2,1-3H3. The summed E-state index contributed by atoms with van der Waals surface area (Å²) >= 11 is 0. The van der Waals surface area contributed by atoms with Gasteiger partial charge in [-0.05, 0) is 68.3 Å². The number of hydrogen-bond donors (Lipinski definition) is 0. The lowest BCUT2D eigenvalue weighted by Gasteiger charge is -2.14. The number of carbonyl (C=O) groups is 2. The molecule has 0 N–H and O–H groups in total. The summed E-state index contributed by atoms with van der Waals surface area (Å²) in [6, 6.07) is 13.6. The fraction of sp³-hybridized carbons (Fsp3) is 0.440. The second-order valence-electron chi connectivity index (χ2n) is 7.27. The first kappa shape index (κ1) is 24.3. The number of rotatable bonds is 13. The Morgan fingerprint density at radius 2 is 1.19 bits per heavy atom. The molecule has 6 heteroatoms. The zero-order valence-corrected chi connectivity index (χ0v) is 18.6. The highest BCUT2D eigenvalue weighted by atomic mass is 16.6. The van der Waals surface area contributed by atoms with E-state index in [0.29, 0.717) is 35.8 Å². The molecule has 168 valence electrons. The smallest absolute Gasteiger partial charge is 0.338 e. The van der Waals surface area contributed by atoms with Gasteiger partial charge in [0.05, 0.1) is 24.3 Å². The van der Waals surface area contributed by atoms with Crippen LogP contribution in [0.4, 0.5) is 0 Å². The number of benzene rings is 2. The minimum Gasteiger partial charge on any atom is -0.494 e. The van der Waals surface area contributed by atoms with Crippen molar-refractivity contribution in [3.05, 3.63) is 59.7 Å². The second kappa shape index (κ2) is 13.3. The van der Waals surface area contributed by atoms with Crippen LogP contribution in [0, 0.1) is 0 Å². The van der Waals surface area contributed by atoms with Crippen molar-refractivity contribution >= 4 is 11.9 Å². The molecule has 0 aliphatic rings. The quantitative estimate of drug-likeness (QED) is 0.312. The summed E-state index contributed by atoms with van der Waals surface area (Å²) in [5.74, 6) is 0.483. The van der Waals surface area contributed by atoms with Gasteiger partial charge in [-0.3, -0.25) is 0 Å². The third kappa shape index (κ3) is 8.70. The molecule has 0 saturated heterocycles. The van der Waals surface area contributed by atoms with Crippen molar-refractivity contribution in [3.8, 4) is 11.5 Å². The lowest BCUT2D eigenvalue weighted by Crippen LogP contribution is -2.22. The maximum absolute atomic E-state index is 12.3. The number of hydrogen-bond acceptors (Lipinski definition) is 6. The molecular weight excluding hydrogens is 396 g/mol. The maximum Gasteiger partial charge on any atom is 0.338 e. The Morgan fingerprint density at radius 3 is 1.65 bits per heavy atom. The number of ether oxygens (including phenoxy) is 4. The number of unbranched alkanes of at least 4 members (excludes halogenated alkanes) is 2. The molecule has 2 rings (SSSR count). The van der Waals surface area contributed by atoms with E-state index in [-0.39, 0.29) is 6.61 Å². The van der Waals surface area contributed by atoms with Crippen LogP contribution in [0.15, 0.2) is 48.5 Å². The number of carbonyl (C=O) groups excluding carboxylic acids is 2. The van der Waals surface area contributed by atoms with Crippen LogP contribution in [-0.2, 0) is 9.47 Å². The van der Waals surface area contributed by atoms with Gasteiger partial charge in [-0.15, -0.1) is 0 Å². The van der Waals surface area contributed by atoms with E-state index in [1.54, 1.807) is 55.5 Å². The molecule has 0 fully saturated rings. The zero-order valence-electron chi connectivity index (χ0n) is 18.6. The normalized spacial score (nSPS) is 11.5. The number of esters is 2. The van der Waals surface area contributed by atoms with Crippen molar-refractivity contribution in [2.75, 3.05) is 19.8 Å². The maximum atomic E-state index is 12.3. The van der Waals surface area contributed by atoms with E-state index in [1.807, 2.05) is 0 Å². The van der Waals surface area contributed by atoms with Gasteiger partial charge in [0.25, 0.3) is 0 Å². The predicted molar refractivity (Wildman–Crippen MR) is 119 cm³/mol. The predicted octanol–water partition coefficient (Wildman–Crippen LogP) is 5.45. The largest absolute Gasteiger partial charge is 0.494 e. The molecule has 0 bridgehead atoms. The summed E-state index contributed by atoms with van der Waals surface area (Å²) in [5, 5.41) is 0. The van der Waals surface area contributed by atoms with Crippen molar-refractivity contribution in [2.24, 2.45) is 0 Å². The van der Waals surface area contributed by atoms with Crippen molar-refractivity contribution in [1.82, 2.24) is 0 Å². The first-order chi connectivity index (χ1) is 15.0. The van der Waals surface area contributed by atoms with Crippen molar-refractivity contribution in [2.45, 2.75) is 52.6 Å². The fourth-order valence-electron chi connectivity index (χ4n) is 2.60. The molecule has 6 nitrogen and oxygen atoms in total. The summed E-state index contributed by atoms with van der Waals surface area (Å²) in [6.07, 6.45) is 3.51. The Hall–Kier alpha value is -3.02. The molecule has 0 aromatic heterocycles. The summed E-state index contributed by atoms with van der Waals surface area (Å²) in [4.78, 5) is 24.5. The molecule has 0 radical (unpaired) electrons. The molecule has 2 aromatic rings. The molecule has 0 heterocycles. The van der Waals surface area contributed by atoms with E-state index in [4.69, 9.17) is 18.9 Å². The van der Waals surface area contributed by atoms with Crippen LogP contribution in [0.5, 0.6) is 11.5 Å². The second-order valence-corrected chi connectivity index (χ2v) is 7.27. The monoisotopic (exact) mass is 428 g/mol. The third-order valence-electron chi connectivity index (χ3n) is 4.47. The highest BCUT2D eigenvalue weighted by Crippen LogP contribution is 2.15. The Balaban J connectivity index is 1.75. The lowest BCUT2D eigenvalue weighted by atomic mass is 10.2. The topological polar surface area (TPSA) is 71.1 Å². The molecule has 2 aromatic carbocycles. The third-order valence-corrected chi connectivity index (χ3v) is 4.47. The van der Waals surface area contributed by atoms with Crippen LogP contribution in [-0.4, -0.2) is 37.9 Å². The Bertz CT molecular complexity index is 798. The Morgan fingerprint density at radius 1 is 0.742 bits per heavy atom. The molecule has 0 aliphatic heterocycles. The Labute approximate surface area is 184 Å². The average Bonchev–Trinajstić information content (AvgIpc) is 2.78. The van der Waals surface area contributed by atoms with Crippen LogP contribution < -0.4 is 9.47 Å². The van der Waals surface area contributed by atoms with Gasteiger partial charge in [-0.1, -0.05) is 26.7 Å². The highest BCUT2D eigenvalue weighted by Gasteiger charge is 2.15. The average molecular weight is 429 g/mol. The zero-order chi connectivity index (χ0) is 22.5. The van der Waals surface area contributed by atoms with Crippen LogP contribution in [0.25, 0.3) is 0 Å².